The Balaban J connectivity index is 1.42. The first kappa shape index (κ1) is 26.1. The maximum absolute atomic E-state index is 12.2. The van der Waals surface area contributed by atoms with Crippen molar-refractivity contribution >= 4 is 28.5 Å². The second-order valence-electron chi connectivity index (χ2n) is 8.84. The monoisotopic (exact) mass is 483 g/mol. The molecular formula is C28H38ClN3O2. The average molecular weight is 484 g/mol. The van der Waals surface area contributed by atoms with Crippen molar-refractivity contribution in [2.75, 3.05) is 13.2 Å². The molecule has 0 fully saturated rings. The molecule has 1 amide bonds. The van der Waals surface area contributed by atoms with Gasteiger partial charge in [0.1, 0.15) is 11.6 Å². The van der Waals surface area contributed by atoms with Crippen LogP contribution < -0.4 is 10.1 Å². The molecule has 0 aliphatic rings. The first-order valence-corrected chi connectivity index (χ1v) is 13.1. The lowest BCUT2D eigenvalue weighted by molar-refractivity contribution is -0.123. The van der Waals surface area contributed by atoms with Crippen LogP contribution in [0.2, 0.25) is 5.02 Å². The number of hydrogen-bond acceptors (Lipinski definition) is 3. The molecule has 1 heterocycles. The van der Waals surface area contributed by atoms with E-state index in [1.807, 2.05) is 6.07 Å². The smallest absolute Gasteiger partial charge is 0.257 e. The highest BCUT2D eigenvalue weighted by Gasteiger charge is 2.11. The van der Waals surface area contributed by atoms with E-state index in [1.54, 1.807) is 24.3 Å². The third-order valence-corrected chi connectivity index (χ3v) is 6.33. The molecule has 0 saturated heterocycles. The van der Waals surface area contributed by atoms with Crippen LogP contribution >= 0.6 is 11.6 Å². The van der Waals surface area contributed by atoms with Crippen LogP contribution in [0.3, 0.4) is 0 Å². The fraction of sp³-hybridized carbons (Fsp3) is 0.500. The Kier molecular flexibility index (Phi) is 11.3. The lowest BCUT2D eigenvalue weighted by Gasteiger charge is -2.11. The minimum Gasteiger partial charge on any atom is -0.484 e. The molecule has 0 bridgehead atoms. The Bertz CT molecular complexity index is 1000. The minimum absolute atomic E-state index is 0.0174. The van der Waals surface area contributed by atoms with Crippen molar-refractivity contribution in [3.8, 4) is 5.75 Å². The number of benzene rings is 2. The summed E-state index contributed by atoms with van der Waals surface area (Å²) < 4.78 is 7.84. The zero-order chi connectivity index (χ0) is 24.0. The van der Waals surface area contributed by atoms with Crippen LogP contribution in [0.5, 0.6) is 5.75 Å². The van der Waals surface area contributed by atoms with Crippen LogP contribution in [0.25, 0.3) is 11.0 Å². The highest BCUT2D eigenvalue weighted by molar-refractivity contribution is 6.30. The first-order valence-electron chi connectivity index (χ1n) is 12.8. The number of halogens is 1. The summed E-state index contributed by atoms with van der Waals surface area (Å²) in [4.78, 5) is 17.0. The normalized spacial score (nSPS) is 11.1. The van der Waals surface area contributed by atoms with E-state index in [1.165, 1.54) is 56.9 Å². The second kappa shape index (κ2) is 14.7. The Morgan fingerprint density at radius 1 is 0.941 bits per heavy atom. The fourth-order valence-electron chi connectivity index (χ4n) is 4.19. The van der Waals surface area contributed by atoms with E-state index in [2.05, 4.69) is 35.0 Å². The van der Waals surface area contributed by atoms with Gasteiger partial charge in [0.15, 0.2) is 6.61 Å². The Hall–Kier alpha value is -2.53. The Labute approximate surface area is 208 Å². The maximum atomic E-state index is 12.2. The molecule has 184 valence electrons. The largest absolute Gasteiger partial charge is 0.484 e. The number of aromatic nitrogens is 2. The molecule has 0 spiro atoms. The quantitative estimate of drug-likeness (QED) is 0.224. The zero-order valence-corrected chi connectivity index (χ0v) is 21.2. The van der Waals surface area contributed by atoms with Gasteiger partial charge in [-0.1, -0.05) is 82.0 Å². The molecule has 1 N–H and O–H groups in total. The standard InChI is InChI=1S/C28H38ClN3O2/c1-2-3-4-5-6-7-8-9-12-21-32-26-14-11-10-13-25(26)31-27(32)19-20-30-28(33)22-34-24-17-15-23(29)16-18-24/h10-11,13-18H,2-9,12,19-22H2,1H3,(H,30,33). The van der Waals surface area contributed by atoms with E-state index < -0.39 is 0 Å². The number of nitrogens with zero attached hydrogens (tertiary/aromatic N) is 2. The van der Waals surface area contributed by atoms with Gasteiger partial charge in [0, 0.05) is 24.5 Å². The Morgan fingerprint density at radius 3 is 2.35 bits per heavy atom. The zero-order valence-electron chi connectivity index (χ0n) is 20.4. The predicted octanol–water partition coefficient (Wildman–Crippen LogP) is 6.96. The number of aryl methyl sites for hydroxylation is 1. The number of nitrogens with one attached hydrogen (secondary N) is 1. The topological polar surface area (TPSA) is 56.2 Å². The number of unbranched alkanes of at least 4 members (excludes halogenated alkanes) is 8. The molecule has 0 aliphatic heterocycles. The van der Waals surface area contributed by atoms with E-state index in [4.69, 9.17) is 21.3 Å². The SMILES string of the molecule is CCCCCCCCCCCn1c(CCNC(=O)COc2ccc(Cl)cc2)nc2ccccc21. The number of carbonyl (C=O) groups excluding carboxylic acids is 1. The first-order chi connectivity index (χ1) is 16.7. The van der Waals surface area contributed by atoms with Gasteiger partial charge in [0.2, 0.25) is 0 Å². The minimum atomic E-state index is -0.142. The number of rotatable bonds is 16. The van der Waals surface area contributed by atoms with Crippen LogP contribution in [-0.2, 0) is 17.8 Å². The molecule has 6 heteroatoms. The van der Waals surface area contributed by atoms with Gasteiger partial charge in [-0.2, -0.15) is 0 Å². The second-order valence-corrected chi connectivity index (χ2v) is 9.28. The van der Waals surface area contributed by atoms with Crippen molar-refractivity contribution in [1.82, 2.24) is 14.9 Å². The summed E-state index contributed by atoms with van der Waals surface area (Å²) >= 11 is 5.88. The van der Waals surface area contributed by atoms with E-state index >= 15 is 0 Å². The molecule has 0 radical (unpaired) electrons. The van der Waals surface area contributed by atoms with Gasteiger partial charge in [-0.15, -0.1) is 0 Å². The van der Waals surface area contributed by atoms with Gasteiger partial charge in [-0.25, -0.2) is 4.98 Å². The lowest BCUT2D eigenvalue weighted by Crippen LogP contribution is -2.31. The summed E-state index contributed by atoms with van der Waals surface area (Å²) in [6.07, 6.45) is 12.5. The summed E-state index contributed by atoms with van der Waals surface area (Å²) in [5, 5.41) is 3.59. The number of para-hydroxylation sites is 2. The van der Waals surface area contributed by atoms with E-state index in [0.29, 0.717) is 23.7 Å². The Morgan fingerprint density at radius 2 is 1.62 bits per heavy atom. The third kappa shape index (κ3) is 8.68. The van der Waals surface area contributed by atoms with Crippen molar-refractivity contribution in [1.29, 1.82) is 0 Å². The van der Waals surface area contributed by atoms with Gasteiger partial charge >= 0.3 is 0 Å². The molecule has 5 nitrogen and oxygen atoms in total. The number of fused-ring (bicyclic) bond motifs is 1. The summed E-state index contributed by atoms with van der Waals surface area (Å²) in [6, 6.07) is 15.3. The van der Waals surface area contributed by atoms with Gasteiger partial charge in [0.05, 0.1) is 11.0 Å². The number of hydrogen-bond donors (Lipinski definition) is 1. The van der Waals surface area contributed by atoms with Gasteiger partial charge < -0.3 is 14.6 Å². The molecule has 3 rings (SSSR count). The average Bonchev–Trinajstić information content (AvgIpc) is 3.20. The molecule has 0 unspecified atom stereocenters. The van der Waals surface area contributed by atoms with Crippen LogP contribution in [0.4, 0.5) is 0 Å². The van der Waals surface area contributed by atoms with Crippen LogP contribution in [0.15, 0.2) is 48.5 Å². The van der Waals surface area contributed by atoms with Crippen LogP contribution in [0, 0.1) is 0 Å². The van der Waals surface area contributed by atoms with Crippen molar-refractivity contribution < 1.29 is 9.53 Å². The third-order valence-electron chi connectivity index (χ3n) is 6.07. The molecular weight excluding hydrogens is 446 g/mol. The summed E-state index contributed by atoms with van der Waals surface area (Å²) in [6.45, 7) is 3.75. The van der Waals surface area contributed by atoms with Crippen molar-refractivity contribution in [3.63, 3.8) is 0 Å². The fourth-order valence-corrected chi connectivity index (χ4v) is 4.32. The van der Waals surface area contributed by atoms with E-state index in [9.17, 15) is 4.79 Å². The highest BCUT2D eigenvalue weighted by Crippen LogP contribution is 2.19. The molecule has 1 aromatic heterocycles. The van der Waals surface area contributed by atoms with Crippen molar-refractivity contribution in [3.05, 3.63) is 59.4 Å². The van der Waals surface area contributed by atoms with Gasteiger partial charge in [-0.3, -0.25) is 4.79 Å². The summed E-state index contributed by atoms with van der Waals surface area (Å²) in [7, 11) is 0. The van der Waals surface area contributed by atoms with Crippen LogP contribution in [0.1, 0.15) is 70.5 Å². The molecule has 0 atom stereocenters. The summed E-state index contributed by atoms with van der Waals surface area (Å²) in [5.74, 6) is 1.51. The molecule has 0 saturated carbocycles. The number of imidazole rings is 1. The molecule has 3 aromatic rings. The van der Waals surface area contributed by atoms with Gasteiger partial charge in [-0.05, 0) is 42.8 Å². The van der Waals surface area contributed by atoms with Gasteiger partial charge in [0.25, 0.3) is 5.91 Å². The molecule has 0 aliphatic carbocycles. The molecule has 34 heavy (non-hydrogen) atoms. The predicted molar refractivity (Wildman–Crippen MR) is 141 cm³/mol. The number of carbonyl (C=O) groups is 1. The van der Waals surface area contributed by atoms with E-state index in [-0.39, 0.29) is 12.5 Å². The van der Waals surface area contributed by atoms with Crippen LogP contribution in [-0.4, -0.2) is 28.6 Å². The molecule has 2 aromatic carbocycles. The van der Waals surface area contributed by atoms with Crippen molar-refractivity contribution in [2.24, 2.45) is 0 Å². The van der Waals surface area contributed by atoms with E-state index in [0.717, 1.165) is 24.3 Å². The number of ether oxygens (including phenoxy) is 1. The highest BCUT2D eigenvalue weighted by atomic mass is 35.5. The lowest BCUT2D eigenvalue weighted by atomic mass is 10.1. The maximum Gasteiger partial charge on any atom is 0.257 e. The van der Waals surface area contributed by atoms with Crippen molar-refractivity contribution in [2.45, 2.75) is 77.7 Å². The number of amides is 1. The summed E-state index contributed by atoms with van der Waals surface area (Å²) in [5.41, 5.74) is 2.19.